The van der Waals surface area contributed by atoms with Crippen molar-refractivity contribution in [2.24, 2.45) is 5.92 Å². The highest BCUT2D eigenvalue weighted by atomic mass is 19.1. The minimum atomic E-state index is -0.182. The van der Waals surface area contributed by atoms with Crippen LogP contribution in [0.15, 0.2) is 6.20 Å². The SMILES string of the molecule is CCc1c(F)cnn1CC(C)C. The van der Waals surface area contributed by atoms with Crippen LogP contribution in [-0.2, 0) is 13.0 Å². The van der Waals surface area contributed by atoms with Crippen LogP contribution in [0.3, 0.4) is 0 Å². The molecule has 0 saturated heterocycles. The Morgan fingerprint density at radius 1 is 1.58 bits per heavy atom. The maximum Gasteiger partial charge on any atom is 0.164 e. The Morgan fingerprint density at radius 3 is 2.75 bits per heavy atom. The molecule has 1 aromatic rings. The summed E-state index contributed by atoms with van der Waals surface area (Å²) in [5.41, 5.74) is 0.712. The lowest BCUT2D eigenvalue weighted by Crippen LogP contribution is -2.09. The van der Waals surface area contributed by atoms with E-state index in [2.05, 4.69) is 18.9 Å². The zero-order chi connectivity index (χ0) is 9.14. The van der Waals surface area contributed by atoms with Gasteiger partial charge < -0.3 is 0 Å². The summed E-state index contributed by atoms with van der Waals surface area (Å²) < 4.78 is 14.7. The van der Waals surface area contributed by atoms with E-state index in [1.54, 1.807) is 4.68 Å². The molecule has 0 spiro atoms. The Bertz CT molecular complexity index is 253. The quantitative estimate of drug-likeness (QED) is 0.680. The molecular formula is C9H15FN2. The Balaban J connectivity index is 2.84. The normalized spacial score (nSPS) is 11.1. The first-order valence-corrected chi connectivity index (χ1v) is 4.35. The van der Waals surface area contributed by atoms with E-state index in [-0.39, 0.29) is 5.82 Å². The van der Waals surface area contributed by atoms with E-state index in [9.17, 15) is 4.39 Å². The van der Waals surface area contributed by atoms with Gasteiger partial charge in [0.15, 0.2) is 5.82 Å². The molecule has 0 aliphatic heterocycles. The number of nitrogens with zero attached hydrogens (tertiary/aromatic N) is 2. The topological polar surface area (TPSA) is 17.8 Å². The van der Waals surface area contributed by atoms with Crippen LogP contribution in [0.1, 0.15) is 26.5 Å². The molecule has 0 radical (unpaired) electrons. The molecule has 68 valence electrons. The highest BCUT2D eigenvalue weighted by molar-refractivity contribution is 5.03. The van der Waals surface area contributed by atoms with Crippen molar-refractivity contribution in [2.45, 2.75) is 33.7 Å². The zero-order valence-electron chi connectivity index (χ0n) is 7.84. The van der Waals surface area contributed by atoms with E-state index in [1.165, 1.54) is 6.20 Å². The largest absolute Gasteiger partial charge is 0.266 e. The third kappa shape index (κ3) is 1.84. The lowest BCUT2D eigenvalue weighted by Gasteiger charge is -2.07. The van der Waals surface area contributed by atoms with Gasteiger partial charge in [0.25, 0.3) is 0 Å². The van der Waals surface area contributed by atoms with Gasteiger partial charge in [-0.15, -0.1) is 0 Å². The van der Waals surface area contributed by atoms with Crippen LogP contribution in [0.25, 0.3) is 0 Å². The van der Waals surface area contributed by atoms with E-state index in [1.807, 2.05) is 6.92 Å². The fourth-order valence-electron chi connectivity index (χ4n) is 1.24. The molecule has 0 unspecified atom stereocenters. The first kappa shape index (κ1) is 9.23. The van der Waals surface area contributed by atoms with Crippen molar-refractivity contribution >= 4 is 0 Å². The third-order valence-electron chi connectivity index (χ3n) is 1.77. The average molecular weight is 170 g/mol. The zero-order valence-corrected chi connectivity index (χ0v) is 7.84. The summed E-state index contributed by atoms with van der Waals surface area (Å²) in [6.07, 6.45) is 2.00. The molecule has 0 amide bonds. The maximum absolute atomic E-state index is 13.0. The van der Waals surface area contributed by atoms with Crippen LogP contribution in [0.5, 0.6) is 0 Å². The molecule has 3 heteroatoms. The summed E-state index contributed by atoms with van der Waals surface area (Å²) in [6, 6.07) is 0. The second kappa shape index (κ2) is 3.70. The number of aromatic nitrogens is 2. The second-order valence-corrected chi connectivity index (χ2v) is 3.37. The molecule has 0 N–H and O–H groups in total. The van der Waals surface area contributed by atoms with Gasteiger partial charge in [0, 0.05) is 6.54 Å². The first-order valence-electron chi connectivity index (χ1n) is 4.35. The van der Waals surface area contributed by atoms with E-state index < -0.39 is 0 Å². The van der Waals surface area contributed by atoms with Crippen molar-refractivity contribution in [3.8, 4) is 0 Å². The second-order valence-electron chi connectivity index (χ2n) is 3.37. The van der Waals surface area contributed by atoms with Crippen LogP contribution in [0, 0.1) is 11.7 Å². The smallest absolute Gasteiger partial charge is 0.164 e. The van der Waals surface area contributed by atoms with E-state index >= 15 is 0 Å². The Morgan fingerprint density at radius 2 is 2.25 bits per heavy atom. The molecule has 2 nitrogen and oxygen atoms in total. The monoisotopic (exact) mass is 170 g/mol. The van der Waals surface area contributed by atoms with Gasteiger partial charge in [0.05, 0.1) is 11.9 Å². The molecule has 0 bridgehead atoms. The summed E-state index contributed by atoms with van der Waals surface area (Å²) in [5.74, 6) is 0.327. The van der Waals surface area contributed by atoms with Crippen LogP contribution < -0.4 is 0 Å². The average Bonchev–Trinajstić information content (AvgIpc) is 2.30. The van der Waals surface area contributed by atoms with Crippen molar-refractivity contribution in [1.29, 1.82) is 0 Å². The molecule has 0 aliphatic rings. The van der Waals surface area contributed by atoms with Gasteiger partial charge in [-0.25, -0.2) is 4.39 Å². The summed E-state index contributed by atoms with van der Waals surface area (Å²) in [7, 11) is 0. The van der Waals surface area contributed by atoms with Crippen LogP contribution in [0.4, 0.5) is 4.39 Å². The number of hydrogen-bond donors (Lipinski definition) is 0. The van der Waals surface area contributed by atoms with Gasteiger partial charge in [-0.05, 0) is 12.3 Å². The molecule has 1 heterocycles. The lowest BCUT2D eigenvalue weighted by atomic mass is 10.2. The van der Waals surface area contributed by atoms with Gasteiger partial charge in [0.1, 0.15) is 0 Å². The van der Waals surface area contributed by atoms with Gasteiger partial charge >= 0.3 is 0 Å². The minimum Gasteiger partial charge on any atom is -0.266 e. The summed E-state index contributed by atoms with van der Waals surface area (Å²) in [6.45, 7) is 6.93. The van der Waals surface area contributed by atoms with Crippen LogP contribution in [-0.4, -0.2) is 9.78 Å². The van der Waals surface area contributed by atoms with Crippen molar-refractivity contribution in [3.05, 3.63) is 17.7 Å². The minimum absolute atomic E-state index is 0.182. The molecule has 0 saturated carbocycles. The summed E-state index contributed by atoms with van der Waals surface area (Å²) >= 11 is 0. The summed E-state index contributed by atoms with van der Waals surface area (Å²) in [5, 5.41) is 3.97. The molecular weight excluding hydrogens is 155 g/mol. The van der Waals surface area contributed by atoms with Gasteiger partial charge in [0.2, 0.25) is 0 Å². The van der Waals surface area contributed by atoms with Crippen LogP contribution in [0.2, 0.25) is 0 Å². The molecule has 0 atom stereocenters. The Hall–Kier alpha value is -0.860. The maximum atomic E-state index is 13.0. The predicted octanol–water partition coefficient (Wildman–Crippen LogP) is 2.24. The molecule has 0 fully saturated rings. The first-order chi connectivity index (χ1) is 5.65. The van der Waals surface area contributed by atoms with Gasteiger partial charge in [-0.1, -0.05) is 20.8 Å². The highest BCUT2D eigenvalue weighted by Gasteiger charge is 2.08. The lowest BCUT2D eigenvalue weighted by molar-refractivity contribution is 0.464. The number of rotatable bonds is 3. The number of halogens is 1. The van der Waals surface area contributed by atoms with Crippen molar-refractivity contribution < 1.29 is 4.39 Å². The molecule has 0 aliphatic carbocycles. The highest BCUT2D eigenvalue weighted by Crippen LogP contribution is 2.09. The van der Waals surface area contributed by atoms with Crippen LogP contribution >= 0.6 is 0 Å². The van der Waals surface area contributed by atoms with E-state index in [4.69, 9.17) is 0 Å². The van der Waals surface area contributed by atoms with Gasteiger partial charge in [-0.2, -0.15) is 5.10 Å². The van der Waals surface area contributed by atoms with E-state index in [0.29, 0.717) is 18.0 Å². The Labute approximate surface area is 72.4 Å². The van der Waals surface area contributed by atoms with Crippen molar-refractivity contribution in [2.75, 3.05) is 0 Å². The molecule has 1 rings (SSSR count). The predicted molar refractivity (Wildman–Crippen MR) is 46.4 cm³/mol. The Kier molecular flexibility index (Phi) is 2.84. The van der Waals surface area contributed by atoms with Crippen molar-refractivity contribution in [1.82, 2.24) is 9.78 Å². The molecule has 12 heavy (non-hydrogen) atoms. The molecule has 0 aromatic carbocycles. The summed E-state index contributed by atoms with van der Waals surface area (Å²) in [4.78, 5) is 0. The fourth-order valence-corrected chi connectivity index (χ4v) is 1.24. The standard InChI is InChI=1S/C9H15FN2/c1-4-9-8(10)5-11-12(9)6-7(2)3/h5,7H,4,6H2,1-3H3. The van der Waals surface area contributed by atoms with E-state index in [0.717, 1.165) is 6.54 Å². The number of hydrogen-bond acceptors (Lipinski definition) is 1. The fraction of sp³-hybridized carbons (Fsp3) is 0.667. The van der Waals surface area contributed by atoms with Gasteiger partial charge in [-0.3, -0.25) is 4.68 Å². The van der Waals surface area contributed by atoms with Crippen molar-refractivity contribution in [3.63, 3.8) is 0 Å². The molecule has 1 aromatic heterocycles. The third-order valence-corrected chi connectivity index (χ3v) is 1.77.